The minimum atomic E-state index is -0.760. The highest BCUT2D eigenvalue weighted by Crippen LogP contribution is 2.31. The molecular weight excluding hydrogens is 398 g/mol. The van der Waals surface area contributed by atoms with E-state index in [1.54, 1.807) is 13.1 Å². The summed E-state index contributed by atoms with van der Waals surface area (Å²) in [5, 5.41) is 11.5. The number of carbonyl (C=O) groups excluding carboxylic acids is 2. The lowest BCUT2D eigenvalue weighted by Crippen LogP contribution is -2.31. The molecule has 2 aromatic carbocycles. The zero-order chi connectivity index (χ0) is 22.5. The van der Waals surface area contributed by atoms with E-state index < -0.39 is 17.5 Å². The molecule has 1 aliphatic heterocycles. The third kappa shape index (κ3) is 5.39. The molecule has 1 fully saturated rings. The summed E-state index contributed by atoms with van der Waals surface area (Å²) in [6, 6.07) is 10.3. The highest BCUT2D eigenvalue weighted by molar-refractivity contribution is 5.93. The summed E-state index contributed by atoms with van der Waals surface area (Å²) in [4.78, 5) is 39.2. The second-order valence-corrected chi connectivity index (χ2v) is 7.91. The van der Waals surface area contributed by atoms with Gasteiger partial charge in [0.05, 0.1) is 10.5 Å². The Morgan fingerprint density at radius 2 is 1.84 bits per heavy atom. The molecule has 8 heteroatoms. The Labute approximate surface area is 181 Å². The van der Waals surface area contributed by atoms with Crippen molar-refractivity contribution in [2.24, 2.45) is 0 Å². The molecule has 0 saturated carbocycles. The Hall–Kier alpha value is -3.42. The van der Waals surface area contributed by atoms with Crippen LogP contribution in [0.1, 0.15) is 39.9 Å². The minimum Gasteiger partial charge on any atom is -0.452 e. The molecule has 1 heterocycles. The number of nitrogens with zero attached hydrogens (tertiary/aromatic N) is 3. The molecule has 0 N–H and O–H groups in total. The molecule has 2 aromatic rings. The SMILES string of the molecule is Cc1ccc(CN(C)C(=O)COC(=O)c2ccc(N3CCCC3)c([N+](=O)[O-])c2)c(C)c1. The summed E-state index contributed by atoms with van der Waals surface area (Å²) in [5.74, 6) is -1.11. The van der Waals surface area contributed by atoms with Gasteiger partial charge in [-0.1, -0.05) is 23.8 Å². The predicted molar refractivity (Wildman–Crippen MR) is 117 cm³/mol. The van der Waals surface area contributed by atoms with Gasteiger partial charge in [0.15, 0.2) is 6.61 Å². The lowest BCUT2D eigenvalue weighted by molar-refractivity contribution is -0.384. The molecule has 0 radical (unpaired) electrons. The van der Waals surface area contributed by atoms with Crippen molar-refractivity contribution in [1.29, 1.82) is 0 Å². The summed E-state index contributed by atoms with van der Waals surface area (Å²) in [6.07, 6.45) is 1.97. The van der Waals surface area contributed by atoms with Crippen molar-refractivity contribution < 1.29 is 19.2 Å². The van der Waals surface area contributed by atoms with E-state index in [0.29, 0.717) is 12.2 Å². The molecule has 1 saturated heterocycles. The van der Waals surface area contributed by atoms with Crippen molar-refractivity contribution in [3.05, 3.63) is 68.8 Å². The second kappa shape index (κ2) is 9.59. The van der Waals surface area contributed by atoms with Gasteiger partial charge >= 0.3 is 5.97 Å². The van der Waals surface area contributed by atoms with Crippen molar-refractivity contribution in [3.8, 4) is 0 Å². The summed E-state index contributed by atoms with van der Waals surface area (Å²) in [5.41, 5.74) is 3.68. The highest BCUT2D eigenvalue weighted by Gasteiger charge is 2.24. The number of amides is 1. The van der Waals surface area contributed by atoms with E-state index in [0.717, 1.165) is 42.6 Å². The van der Waals surface area contributed by atoms with Crippen LogP contribution in [0.5, 0.6) is 0 Å². The first-order valence-corrected chi connectivity index (χ1v) is 10.3. The summed E-state index contributed by atoms with van der Waals surface area (Å²) >= 11 is 0. The van der Waals surface area contributed by atoms with Gasteiger partial charge in [0.2, 0.25) is 0 Å². The fourth-order valence-corrected chi connectivity index (χ4v) is 3.71. The zero-order valence-corrected chi connectivity index (χ0v) is 18.1. The van der Waals surface area contributed by atoms with Crippen molar-refractivity contribution in [2.45, 2.75) is 33.2 Å². The van der Waals surface area contributed by atoms with Gasteiger partial charge in [-0.05, 0) is 49.9 Å². The molecule has 3 rings (SSSR count). The number of hydrogen-bond donors (Lipinski definition) is 0. The van der Waals surface area contributed by atoms with Gasteiger partial charge in [-0.25, -0.2) is 4.79 Å². The molecule has 1 amide bonds. The van der Waals surface area contributed by atoms with Crippen LogP contribution < -0.4 is 4.90 Å². The number of aryl methyl sites for hydroxylation is 2. The van der Waals surface area contributed by atoms with E-state index in [9.17, 15) is 19.7 Å². The Balaban J connectivity index is 1.62. The van der Waals surface area contributed by atoms with Crippen molar-refractivity contribution in [3.63, 3.8) is 0 Å². The van der Waals surface area contributed by atoms with Crippen molar-refractivity contribution in [1.82, 2.24) is 4.90 Å². The van der Waals surface area contributed by atoms with Gasteiger partial charge in [0.25, 0.3) is 11.6 Å². The van der Waals surface area contributed by atoms with Crippen LogP contribution in [0.2, 0.25) is 0 Å². The maximum absolute atomic E-state index is 12.4. The number of carbonyl (C=O) groups is 2. The number of benzene rings is 2. The van der Waals surface area contributed by atoms with Crippen LogP contribution in [0, 0.1) is 24.0 Å². The van der Waals surface area contributed by atoms with Crippen LogP contribution in [-0.2, 0) is 16.1 Å². The number of nitro benzene ring substituents is 1. The molecule has 0 bridgehead atoms. The number of esters is 1. The molecule has 0 unspecified atom stereocenters. The monoisotopic (exact) mass is 425 g/mol. The van der Waals surface area contributed by atoms with Crippen LogP contribution in [0.3, 0.4) is 0 Å². The molecule has 164 valence electrons. The van der Waals surface area contributed by atoms with E-state index in [-0.39, 0.29) is 17.2 Å². The van der Waals surface area contributed by atoms with E-state index >= 15 is 0 Å². The third-order valence-electron chi connectivity index (χ3n) is 5.51. The van der Waals surface area contributed by atoms with E-state index in [4.69, 9.17) is 4.74 Å². The van der Waals surface area contributed by atoms with Crippen LogP contribution in [0.25, 0.3) is 0 Å². The number of rotatable bonds is 7. The summed E-state index contributed by atoms with van der Waals surface area (Å²) in [6.45, 7) is 5.48. The molecule has 31 heavy (non-hydrogen) atoms. The molecule has 0 aliphatic carbocycles. The summed E-state index contributed by atoms with van der Waals surface area (Å²) in [7, 11) is 1.64. The molecule has 1 aliphatic rings. The Morgan fingerprint density at radius 3 is 2.48 bits per heavy atom. The fourth-order valence-electron chi connectivity index (χ4n) is 3.71. The van der Waals surface area contributed by atoms with Crippen LogP contribution in [0.4, 0.5) is 11.4 Å². The summed E-state index contributed by atoms with van der Waals surface area (Å²) < 4.78 is 5.13. The van der Waals surface area contributed by atoms with Crippen LogP contribution in [-0.4, -0.2) is 48.4 Å². The van der Waals surface area contributed by atoms with Gasteiger partial charge in [-0.2, -0.15) is 0 Å². The van der Waals surface area contributed by atoms with E-state index in [1.807, 2.05) is 36.9 Å². The van der Waals surface area contributed by atoms with Gasteiger partial charge < -0.3 is 14.5 Å². The Bertz CT molecular complexity index is 999. The molecule has 0 aromatic heterocycles. The first-order valence-electron chi connectivity index (χ1n) is 10.3. The fraction of sp³-hybridized carbons (Fsp3) is 0.391. The molecule has 0 atom stereocenters. The third-order valence-corrected chi connectivity index (χ3v) is 5.51. The Morgan fingerprint density at radius 1 is 1.13 bits per heavy atom. The topological polar surface area (TPSA) is 93.0 Å². The van der Waals surface area contributed by atoms with Crippen molar-refractivity contribution >= 4 is 23.3 Å². The van der Waals surface area contributed by atoms with Crippen molar-refractivity contribution in [2.75, 3.05) is 31.6 Å². The lowest BCUT2D eigenvalue weighted by Gasteiger charge is -2.19. The minimum absolute atomic E-state index is 0.0551. The number of hydrogen-bond acceptors (Lipinski definition) is 6. The first-order chi connectivity index (χ1) is 14.8. The molecule has 0 spiro atoms. The average molecular weight is 425 g/mol. The van der Waals surface area contributed by atoms with Gasteiger partial charge in [-0.3, -0.25) is 14.9 Å². The van der Waals surface area contributed by atoms with Gasteiger partial charge in [0.1, 0.15) is 5.69 Å². The van der Waals surface area contributed by atoms with Gasteiger partial charge in [-0.15, -0.1) is 0 Å². The molecule has 8 nitrogen and oxygen atoms in total. The van der Waals surface area contributed by atoms with Crippen LogP contribution in [0.15, 0.2) is 36.4 Å². The van der Waals surface area contributed by atoms with E-state index in [2.05, 4.69) is 0 Å². The van der Waals surface area contributed by atoms with Gasteiger partial charge in [0, 0.05) is 32.7 Å². The largest absolute Gasteiger partial charge is 0.452 e. The first kappa shape index (κ1) is 22.3. The lowest BCUT2D eigenvalue weighted by atomic mass is 10.1. The number of likely N-dealkylation sites (N-methyl/N-ethyl adjacent to an activating group) is 1. The quantitative estimate of drug-likeness (QED) is 0.382. The standard InChI is InChI=1S/C23H27N3O5/c1-16-6-7-19(17(2)12-16)14-24(3)22(27)15-31-23(28)18-8-9-20(21(13-18)26(29)30)25-10-4-5-11-25/h6-9,12-13H,4-5,10-11,14-15H2,1-3H3. The number of anilines is 1. The smallest absolute Gasteiger partial charge is 0.338 e. The maximum Gasteiger partial charge on any atom is 0.338 e. The van der Waals surface area contributed by atoms with E-state index in [1.165, 1.54) is 17.0 Å². The maximum atomic E-state index is 12.4. The highest BCUT2D eigenvalue weighted by atomic mass is 16.6. The van der Waals surface area contributed by atoms with Crippen LogP contribution >= 0.6 is 0 Å². The number of nitro groups is 1. The molecular formula is C23H27N3O5. The second-order valence-electron chi connectivity index (χ2n) is 7.91. The zero-order valence-electron chi connectivity index (χ0n) is 18.1. The number of ether oxygens (including phenoxy) is 1. The Kier molecular flexibility index (Phi) is 6.89. The predicted octanol–water partition coefficient (Wildman–Crippen LogP) is 3.63. The normalized spacial score (nSPS) is 13.2. The average Bonchev–Trinajstić information content (AvgIpc) is 3.27.